The van der Waals surface area contributed by atoms with E-state index in [2.05, 4.69) is 10.2 Å². The summed E-state index contributed by atoms with van der Waals surface area (Å²) in [6.07, 6.45) is 2.51. The molecule has 0 bridgehead atoms. The standard InChI is InChI=1S/C14H20N2O2/c1-11-4-5-13(17)12(10-11)14(18)15-6-9-16-7-2-3-8-16/h4-5,10,17H,2-3,6-9H2,1H3,(H,15,18). The normalized spacial score (nSPS) is 15.8. The van der Waals surface area contributed by atoms with Crippen LogP contribution in [-0.4, -0.2) is 42.1 Å². The summed E-state index contributed by atoms with van der Waals surface area (Å²) in [7, 11) is 0. The summed E-state index contributed by atoms with van der Waals surface area (Å²) in [4.78, 5) is 14.2. The average molecular weight is 248 g/mol. The number of nitrogens with zero attached hydrogens (tertiary/aromatic N) is 1. The van der Waals surface area contributed by atoms with E-state index in [9.17, 15) is 9.90 Å². The number of phenols is 1. The van der Waals surface area contributed by atoms with Crippen molar-refractivity contribution in [2.24, 2.45) is 0 Å². The highest BCUT2D eigenvalue weighted by atomic mass is 16.3. The molecule has 1 fully saturated rings. The number of likely N-dealkylation sites (tertiary alicyclic amines) is 1. The Balaban J connectivity index is 1.85. The molecule has 0 unspecified atom stereocenters. The molecule has 0 aliphatic carbocycles. The lowest BCUT2D eigenvalue weighted by Crippen LogP contribution is -2.33. The molecule has 1 aliphatic heterocycles. The van der Waals surface area contributed by atoms with Gasteiger partial charge in [0, 0.05) is 13.1 Å². The summed E-state index contributed by atoms with van der Waals surface area (Å²) in [5.74, 6) is -0.158. The van der Waals surface area contributed by atoms with Gasteiger partial charge in [-0.15, -0.1) is 0 Å². The summed E-state index contributed by atoms with van der Waals surface area (Å²) >= 11 is 0. The third-order valence-corrected chi connectivity index (χ3v) is 3.31. The summed E-state index contributed by atoms with van der Waals surface area (Å²) in [6.45, 7) is 5.68. The molecule has 2 rings (SSSR count). The molecule has 0 atom stereocenters. The van der Waals surface area contributed by atoms with E-state index in [4.69, 9.17) is 0 Å². The largest absolute Gasteiger partial charge is 0.507 e. The second-order valence-electron chi connectivity index (χ2n) is 4.83. The monoisotopic (exact) mass is 248 g/mol. The van der Waals surface area contributed by atoms with Crippen LogP contribution in [0.1, 0.15) is 28.8 Å². The number of nitrogens with one attached hydrogen (secondary N) is 1. The Kier molecular flexibility index (Phi) is 4.20. The minimum atomic E-state index is -0.199. The molecule has 0 radical (unpaired) electrons. The van der Waals surface area contributed by atoms with E-state index in [1.54, 1.807) is 18.2 Å². The number of carbonyl (C=O) groups is 1. The third-order valence-electron chi connectivity index (χ3n) is 3.31. The van der Waals surface area contributed by atoms with Crippen LogP contribution in [0.5, 0.6) is 5.75 Å². The van der Waals surface area contributed by atoms with E-state index in [1.165, 1.54) is 12.8 Å². The highest BCUT2D eigenvalue weighted by Crippen LogP contribution is 2.17. The van der Waals surface area contributed by atoms with Gasteiger partial charge < -0.3 is 15.3 Å². The molecule has 1 aromatic carbocycles. The zero-order valence-electron chi connectivity index (χ0n) is 10.8. The maximum atomic E-state index is 11.9. The van der Waals surface area contributed by atoms with Crippen molar-refractivity contribution in [3.8, 4) is 5.75 Å². The Morgan fingerprint density at radius 1 is 1.39 bits per heavy atom. The predicted molar refractivity (Wildman–Crippen MR) is 70.9 cm³/mol. The van der Waals surface area contributed by atoms with Gasteiger partial charge in [-0.25, -0.2) is 0 Å². The molecular formula is C14H20N2O2. The van der Waals surface area contributed by atoms with Gasteiger partial charge in [0.1, 0.15) is 5.75 Å². The summed E-state index contributed by atoms with van der Waals surface area (Å²) < 4.78 is 0. The number of amides is 1. The molecule has 1 heterocycles. The molecule has 1 aliphatic rings. The van der Waals surface area contributed by atoms with Crippen molar-refractivity contribution in [2.45, 2.75) is 19.8 Å². The molecule has 18 heavy (non-hydrogen) atoms. The number of hydrogen-bond donors (Lipinski definition) is 2. The predicted octanol–water partition coefficient (Wildman–Crippen LogP) is 1.53. The number of carbonyl (C=O) groups excluding carboxylic acids is 1. The quantitative estimate of drug-likeness (QED) is 0.849. The Morgan fingerprint density at radius 3 is 2.83 bits per heavy atom. The highest BCUT2D eigenvalue weighted by molar-refractivity contribution is 5.96. The summed E-state index contributed by atoms with van der Waals surface area (Å²) in [5, 5.41) is 12.5. The Morgan fingerprint density at radius 2 is 2.11 bits per heavy atom. The van der Waals surface area contributed by atoms with Crippen LogP contribution >= 0.6 is 0 Å². The Labute approximate surface area is 108 Å². The van der Waals surface area contributed by atoms with E-state index < -0.39 is 0 Å². The van der Waals surface area contributed by atoms with Crippen molar-refractivity contribution in [1.82, 2.24) is 10.2 Å². The van der Waals surface area contributed by atoms with Crippen LogP contribution in [-0.2, 0) is 0 Å². The third kappa shape index (κ3) is 3.23. The number of hydrogen-bond acceptors (Lipinski definition) is 3. The number of benzene rings is 1. The van der Waals surface area contributed by atoms with Crippen molar-refractivity contribution in [3.63, 3.8) is 0 Å². The molecule has 1 amide bonds. The molecule has 1 saturated heterocycles. The lowest BCUT2D eigenvalue weighted by Gasteiger charge is -2.15. The van der Waals surface area contributed by atoms with E-state index in [0.717, 1.165) is 25.2 Å². The fourth-order valence-corrected chi connectivity index (χ4v) is 2.26. The van der Waals surface area contributed by atoms with Crippen LogP contribution in [0, 0.1) is 6.92 Å². The molecule has 4 nitrogen and oxygen atoms in total. The smallest absolute Gasteiger partial charge is 0.255 e. The minimum Gasteiger partial charge on any atom is -0.507 e. The Hall–Kier alpha value is -1.55. The number of aryl methyl sites for hydroxylation is 1. The van der Waals surface area contributed by atoms with E-state index in [-0.39, 0.29) is 11.7 Å². The summed E-state index contributed by atoms with van der Waals surface area (Å²) in [6, 6.07) is 5.06. The maximum absolute atomic E-state index is 11.9. The van der Waals surface area contributed by atoms with Crippen LogP contribution in [0.15, 0.2) is 18.2 Å². The molecule has 98 valence electrons. The van der Waals surface area contributed by atoms with Crippen molar-refractivity contribution >= 4 is 5.91 Å². The molecule has 0 spiro atoms. The minimum absolute atomic E-state index is 0.0410. The fourth-order valence-electron chi connectivity index (χ4n) is 2.26. The molecule has 0 aromatic heterocycles. The van der Waals surface area contributed by atoms with Crippen molar-refractivity contribution in [1.29, 1.82) is 0 Å². The SMILES string of the molecule is Cc1ccc(O)c(C(=O)NCCN2CCCC2)c1. The van der Waals surface area contributed by atoms with Gasteiger partial charge in [-0.3, -0.25) is 4.79 Å². The second kappa shape index (κ2) is 5.87. The Bertz CT molecular complexity index is 426. The van der Waals surface area contributed by atoms with Crippen molar-refractivity contribution < 1.29 is 9.90 Å². The van der Waals surface area contributed by atoms with Crippen LogP contribution in [0.4, 0.5) is 0 Å². The lowest BCUT2D eigenvalue weighted by molar-refractivity contribution is 0.0947. The topological polar surface area (TPSA) is 52.6 Å². The van der Waals surface area contributed by atoms with Crippen molar-refractivity contribution in [2.75, 3.05) is 26.2 Å². The average Bonchev–Trinajstić information content (AvgIpc) is 2.85. The lowest BCUT2D eigenvalue weighted by atomic mass is 10.1. The first kappa shape index (κ1) is 12.9. The number of aromatic hydroxyl groups is 1. The number of rotatable bonds is 4. The van der Waals surface area contributed by atoms with Gasteiger partial charge in [-0.05, 0) is 45.0 Å². The highest BCUT2D eigenvalue weighted by Gasteiger charge is 2.13. The van der Waals surface area contributed by atoms with Gasteiger partial charge in [0.15, 0.2) is 0 Å². The first-order chi connectivity index (χ1) is 8.66. The van der Waals surface area contributed by atoms with Gasteiger partial charge in [-0.1, -0.05) is 11.6 Å². The van der Waals surface area contributed by atoms with Gasteiger partial charge in [0.2, 0.25) is 0 Å². The van der Waals surface area contributed by atoms with Crippen molar-refractivity contribution in [3.05, 3.63) is 29.3 Å². The first-order valence-corrected chi connectivity index (χ1v) is 6.47. The van der Waals surface area contributed by atoms with Crippen LogP contribution in [0.2, 0.25) is 0 Å². The van der Waals surface area contributed by atoms with Gasteiger partial charge in [0.25, 0.3) is 5.91 Å². The molecule has 1 aromatic rings. The molecule has 0 saturated carbocycles. The van der Waals surface area contributed by atoms with E-state index >= 15 is 0 Å². The number of phenolic OH excluding ortho intramolecular Hbond substituents is 1. The summed E-state index contributed by atoms with van der Waals surface area (Å²) in [5.41, 5.74) is 1.33. The van der Waals surface area contributed by atoms with Crippen LogP contribution in [0.25, 0.3) is 0 Å². The van der Waals surface area contributed by atoms with Gasteiger partial charge in [-0.2, -0.15) is 0 Å². The van der Waals surface area contributed by atoms with Gasteiger partial charge >= 0.3 is 0 Å². The van der Waals surface area contributed by atoms with Gasteiger partial charge in [0.05, 0.1) is 5.56 Å². The van der Waals surface area contributed by atoms with Crippen LogP contribution in [0.3, 0.4) is 0 Å². The van der Waals surface area contributed by atoms with E-state index in [1.807, 2.05) is 6.92 Å². The maximum Gasteiger partial charge on any atom is 0.255 e. The zero-order valence-corrected chi connectivity index (χ0v) is 10.8. The fraction of sp³-hybridized carbons (Fsp3) is 0.500. The van der Waals surface area contributed by atoms with E-state index in [0.29, 0.717) is 12.1 Å². The zero-order chi connectivity index (χ0) is 13.0. The molecular weight excluding hydrogens is 228 g/mol. The first-order valence-electron chi connectivity index (χ1n) is 6.47. The van der Waals surface area contributed by atoms with Crippen LogP contribution < -0.4 is 5.32 Å². The second-order valence-corrected chi connectivity index (χ2v) is 4.83. The molecule has 2 N–H and O–H groups in total. The molecule has 4 heteroatoms.